The van der Waals surface area contributed by atoms with Crippen molar-refractivity contribution in [1.29, 1.82) is 0 Å². The smallest absolute Gasteiger partial charge is 0.319 e. The van der Waals surface area contributed by atoms with Gasteiger partial charge in [-0.2, -0.15) is 0 Å². The largest absolute Gasteiger partial charge is 0.480 e. The predicted octanol–water partition coefficient (Wildman–Crippen LogP) is 3.16. The van der Waals surface area contributed by atoms with Crippen molar-refractivity contribution >= 4 is 20.2 Å². The van der Waals surface area contributed by atoms with Crippen LogP contribution >= 0.6 is 0 Å². The number of hydrogen-bond donors (Lipinski definition) is 2. The Morgan fingerprint density at radius 1 is 1.36 bits per heavy atom. The van der Waals surface area contributed by atoms with Gasteiger partial charge in [0.2, 0.25) is 5.91 Å². The molecule has 0 radical (unpaired) electrons. The maximum atomic E-state index is 12.0. The summed E-state index contributed by atoms with van der Waals surface area (Å²) in [4.78, 5) is 23.6. The standard InChI is InChI=1S/C16H31NO4Si/c1-15(2,3)22(4,5)21-12-7-6-9-16(14(19)20)10-8-11-17-13(16)18/h6-12H2,1-5H3,(H,17,18)(H,19,20)/t16-/m0/s1. The molecule has 128 valence electrons. The molecule has 2 N–H and O–H groups in total. The zero-order chi connectivity index (χ0) is 17.0. The molecule has 5 nitrogen and oxygen atoms in total. The summed E-state index contributed by atoms with van der Waals surface area (Å²) < 4.78 is 6.09. The summed E-state index contributed by atoms with van der Waals surface area (Å²) in [5, 5.41) is 12.3. The second kappa shape index (κ2) is 7.13. The molecule has 22 heavy (non-hydrogen) atoms. The molecule has 0 unspecified atom stereocenters. The number of unbranched alkanes of at least 4 members (excludes halogenated alkanes) is 1. The number of carbonyl (C=O) groups is 2. The average Bonchev–Trinajstić information content (AvgIpc) is 2.38. The third-order valence-electron chi connectivity index (χ3n) is 5.18. The molecule has 0 aliphatic carbocycles. The minimum absolute atomic E-state index is 0.179. The summed E-state index contributed by atoms with van der Waals surface area (Å²) >= 11 is 0. The van der Waals surface area contributed by atoms with Gasteiger partial charge < -0.3 is 14.8 Å². The molecule has 1 fully saturated rings. The van der Waals surface area contributed by atoms with E-state index in [0.717, 1.165) is 12.8 Å². The quantitative estimate of drug-likeness (QED) is 0.427. The second-order valence-electron chi connectivity index (χ2n) is 7.81. The molecule has 1 amide bonds. The lowest BCUT2D eigenvalue weighted by Crippen LogP contribution is -2.50. The Balaban J connectivity index is 2.46. The highest BCUT2D eigenvalue weighted by atomic mass is 28.4. The van der Waals surface area contributed by atoms with E-state index in [2.05, 4.69) is 39.2 Å². The van der Waals surface area contributed by atoms with Gasteiger partial charge in [-0.05, 0) is 50.2 Å². The molecule has 1 aliphatic rings. The Labute approximate surface area is 134 Å². The monoisotopic (exact) mass is 329 g/mol. The van der Waals surface area contributed by atoms with E-state index in [0.29, 0.717) is 32.4 Å². The highest BCUT2D eigenvalue weighted by Crippen LogP contribution is 2.37. The van der Waals surface area contributed by atoms with Crippen molar-refractivity contribution in [2.24, 2.45) is 5.41 Å². The van der Waals surface area contributed by atoms with E-state index in [1.54, 1.807) is 0 Å². The van der Waals surface area contributed by atoms with Crippen LogP contribution in [0.3, 0.4) is 0 Å². The first kappa shape index (κ1) is 19.2. The lowest BCUT2D eigenvalue weighted by molar-refractivity contribution is -0.158. The Kier molecular flexibility index (Phi) is 6.21. The average molecular weight is 330 g/mol. The van der Waals surface area contributed by atoms with E-state index >= 15 is 0 Å². The fraction of sp³-hybridized carbons (Fsp3) is 0.875. The van der Waals surface area contributed by atoms with E-state index in [1.165, 1.54) is 0 Å². The van der Waals surface area contributed by atoms with E-state index in [4.69, 9.17) is 4.43 Å². The van der Waals surface area contributed by atoms with Crippen molar-refractivity contribution in [1.82, 2.24) is 5.32 Å². The number of nitrogens with one attached hydrogen (secondary N) is 1. The maximum Gasteiger partial charge on any atom is 0.319 e. The molecule has 0 saturated carbocycles. The summed E-state index contributed by atoms with van der Waals surface area (Å²) in [6.45, 7) is 12.2. The zero-order valence-corrected chi connectivity index (χ0v) is 15.6. The van der Waals surface area contributed by atoms with Crippen molar-refractivity contribution in [3.8, 4) is 0 Å². The SMILES string of the molecule is CC(C)(C)[Si](C)(C)OCCCC[C@]1(C(=O)O)CCCNC1=O. The zero-order valence-electron chi connectivity index (χ0n) is 14.6. The number of hydrogen-bond acceptors (Lipinski definition) is 3. The summed E-state index contributed by atoms with van der Waals surface area (Å²) in [5.74, 6) is -1.31. The Morgan fingerprint density at radius 3 is 2.50 bits per heavy atom. The third-order valence-corrected chi connectivity index (χ3v) is 9.72. The van der Waals surface area contributed by atoms with Crippen molar-refractivity contribution < 1.29 is 19.1 Å². The molecule has 0 spiro atoms. The van der Waals surface area contributed by atoms with Crippen LogP contribution in [0.5, 0.6) is 0 Å². The van der Waals surface area contributed by atoms with Crippen molar-refractivity contribution in [2.75, 3.05) is 13.2 Å². The van der Waals surface area contributed by atoms with Crippen LogP contribution in [0.25, 0.3) is 0 Å². The number of carbonyl (C=O) groups excluding carboxylic acids is 1. The number of piperidine rings is 1. The first-order valence-corrected chi connectivity index (χ1v) is 11.1. The Bertz CT molecular complexity index is 417. The molecule has 0 aromatic rings. The van der Waals surface area contributed by atoms with Gasteiger partial charge in [0.25, 0.3) is 0 Å². The van der Waals surface area contributed by atoms with Gasteiger partial charge in [0.05, 0.1) is 0 Å². The van der Waals surface area contributed by atoms with Crippen LogP contribution in [0.4, 0.5) is 0 Å². The summed E-state index contributed by atoms with van der Waals surface area (Å²) in [5.41, 5.74) is -1.23. The second-order valence-corrected chi connectivity index (χ2v) is 12.6. The lowest BCUT2D eigenvalue weighted by atomic mass is 9.76. The van der Waals surface area contributed by atoms with Gasteiger partial charge in [0, 0.05) is 13.2 Å². The molecular weight excluding hydrogens is 298 g/mol. The van der Waals surface area contributed by atoms with Crippen LogP contribution in [0.1, 0.15) is 52.9 Å². The number of aliphatic carboxylic acids is 1. The highest BCUT2D eigenvalue weighted by Gasteiger charge is 2.46. The molecule has 6 heteroatoms. The first-order valence-electron chi connectivity index (χ1n) is 8.19. The molecule has 1 aliphatic heterocycles. The molecule has 0 aromatic carbocycles. The summed E-state index contributed by atoms with van der Waals surface area (Å²) in [6.07, 6.45) is 3.08. The third kappa shape index (κ3) is 4.32. The normalized spacial score (nSPS) is 23.2. The van der Waals surface area contributed by atoms with Crippen LogP contribution < -0.4 is 5.32 Å². The number of amides is 1. The van der Waals surface area contributed by atoms with E-state index in [1.807, 2.05) is 0 Å². The summed E-state index contributed by atoms with van der Waals surface area (Å²) in [6, 6.07) is 0. The highest BCUT2D eigenvalue weighted by molar-refractivity contribution is 6.74. The fourth-order valence-corrected chi connectivity index (χ4v) is 3.58. The number of carboxylic acid groups (broad SMARTS) is 1. The van der Waals surface area contributed by atoms with Gasteiger partial charge >= 0.3 is 5.97 Å². The maximum absolute atomic E-state index is 12.0. The van der Waals surface area contributed by atoms with Gasteiger partial charge in [-0.15, -0.1) is 0 Å². The first-order chi connectivity index (χ1) is 10.0. The van der Waals surface area contributed by atoms with Gasteiger partial charge in [-0.1, -0.05) is 20.8 Å². The molecule has 0 bridgehead atoms. The van der Waals surface area contributed by atoms with Crippen molar-refractivity contribution in [3.63, 3.8) is 0 Å². The van der Waals surface area contributed by atoms with Gasteiger partial charge in [-0.3, -0.25) is 9.59 Å². The summed E-state index contributed by atoms with van der Waals surface area (Å²) in [7, 11) is -1.74. The van der Waals surface area contributed by atoms with Crippen LogP contribution in [-0.4, -0.2) is 38.5 Å². The van der Waals surface area contributed by atoms with Gasteiger partial charge in [0.1, 0.15) is 5.41 Å². The van der Waals surface area contributed by atoms with E-state index in [9.17, 15) is 14.7 Å². The van der Waals surface area contributed by atoms with E-state index in [-0.39, 0.29) is 10.9 Å². The van der Waals surface area contributed by atoms with Crippen molar-refractivity contribution in [2.45, 2.75) is 71.0 Å². The van der Waals surface area contributed by atoms with Crippen LogP contribution in [0.2, 0.25) is 18.1 Å². The predicted molar refractivity (Wildman–Crippen MR) is 89.3 cm³/mol. The number of carboxylic acids is 1. The van der Waals surface area contributed by atoms with Gasteiger partial charge in [-0.25, -0.2) is 0 Å². The molecule has 1 heterocycles. The molecule has 1 atom stereocenters. The van der Waals surface area contributed by atoms with Crippen LogP contribution in [0, 0.1) is 5.41 Å². The van der Waals surface area contributed by atoms with Crippen LogP contribution in [-0.2, 0) is 14.0 Å². The Hall–Kier alpha value is -0.883. The number of rotatable bonds is 7. The molecule has 1 saturated heterocycles. The van der Waals surface area contributed by atoms with Crippen molar-refractivity contribution in [3.05, 3.63) is 0 Å². The molecular formula is C16H31NO4Si. The fourth-order valence-electron chi connectivity index (χ4n) is 2.50. The van der Waals surface area contributed by atoms with E-state index < -0.39 is 19.7 Å². The Morgan fingerprint density at radius 2 is 2.00 bits per heavy atom. The molecule has 0 aromatic heterocycles. The van der Waals surface area contributed by atoms with Gasteiger partial charge in [0.15, 0.2) is 8.32 Å². The minimum atomic E-state index is -1.74. The van der Waals surface area contributed by atoms with Crippen LogP contribution in [0.15, 0.2) is 0 Å². The minimum Gasteiger partial charge on any atom is -0.480 e. The topological polar surface area (TPSA) is 75.6 Å². The molecule has 1 rings (SSSR count). The lowest BCUT2D eigenvalue weighted by Gasteiger charge is -2.36.